The molecule has 20 heavy (non-hydrogen) atoms. The highest BCUT2D eigenvalue weighted by molar-refractivity contribution is 7.89. The lowest BCUT2D eigenvalue weighted by atomic mass is 10.2. The molecular formula is C14H23N3O2S. The van der Waals surface area contributed by atoms with Gasteiger partial charge < -0.3 is 5.73 Å². The van der Waals surface area contributed by atoms with E-state index in [1.165, 1.54) is 4.31 Å². The minimum atomic E-state index is -3.51. The van der Waals surface area contributed by atoms with Crippen LogP contribution in [-0.4, -0.2) is 50.3 Å². The highest BCUT2D eigenvalue weighted by Gasteiger charge is 2.29. The average molecular weight is 297 g/mol. The molecule has 1 aliphatic rings. The Kier molecular flexibility index (Phi) is 4.67. The maximum atomic E-state index is 12.6. The number of anilines is 1. The van der Waals surface area contributed by atoms with E-state index >= 15 is 0 Å². The van der Waals surface area contributed by atoms with Crippen molar-refractivity contribution in [1.82, 2.24) is 9.21 Å². The molecule has 1 unspecified atom stereocenters. The average Bonchev–Trinajstić information content (AvgIpc) is 2.86. The van der Waals surface area contributed by atoms with Crippen LogP contribution < -0.4 is 5.73 Å². The van der Waals surface area contributed by atoms with Gasteiger partial charge >= 0.3 is 0 Å². The number of rotatable bonds is 5. The summed E-state index contributed by atoms with van der Waals surface area (Å²) in [6.07, 6.45) is 2.19. The number of nitrogens with two attached hydrogens (primary N) is 1. The van der Waals surface area contributed by atoms with Gasteiger partial charge in [0, 0.05) is 19.6 Å². The number of hydrogen-bond acceptors (Lipinski definition) is 4. The largest absolute Gasteiger partial charge is 0.398 e. The summed E-state index contributed by atoms with van der Waals surface area (Å²) >= 11 is 0. The lowest BCUT2D eigenvalue weighted by Crippen LogP contribution is -2.41. The molecule has 1 aromatic rings. The maximum Gasteiger partial charge on any atom is 0.244 e. The summed E-state index contributed by atoms with van der Waals surface area (Å²) in [5.74, 6) is 0. The van der Waals surface area contributed by atoms with Gasteiger partial charge in [0.05, 0.1) is 5.69 Å². The van der Waals surface area contributed by atoms with E-state index in [1.54, 1.807) is 31.3 Å². The van der Waals surface area contributed by atoms with Gasteiger partial charge in [-0.2, -0.15) is 4.31 Å². The first-order valence-electron chi connectivity index (χ1n) is 7.01. The second kappa shape index (κ2) is 6.11. The van der Waals surface area contributed by atoms with Crippen molar-refractivity contribution >= 4 is 15.7 Å². The third kappa shape index (κ3) is 2.97. The van der Waals surface area contributed by atoms with Gasteiger partial charge in [0.1, 0.15) is 4.90 Å². The van der Waals surface area contributed by atoms with Gasteiger partial charge in [-0.1, -0.05) is 19.1 Å². The van der Waals surface area contributed by atoms with Crippen molar-refractivity contribution < 1.29 is 8.42 Å². The fraction of sp³-hybridized carbons (Fsp3) is 0.571. The first kappa shape index (κ1) is 15.3. The van der Waals surface area contributed by atoms with Crippen LogP contribution in [0.1, 0.15) is 19.8 Å². The van der Waals surface area contributed by atoms with E-state index in [2.05, 4.69) is 11.8 Å². The molecule has 6 heteroatoms. The Labute approximate surface area is 121 Å². The fourth-order valence-corrected chi connectivity index (χ4v) is 4.12. The van der Waals surface area contributed by atoms with E-state index in [1.807, 2.05) is 0 Å². The molecule has 1 atom stereocenters. The van der Waals surface area contributed by atoms with E-state index in [-0.39, 0.29) is 4.90 Å². The van der Waals surface area contributed by atoms with Crippen LogP contribution in [0.3, 0.4) is 0 Å². The summed E-state index contributed by atoms with van der Waals surface area (Å²) < 4.78 is 26.6. The van der Waals surface area contributed by atoms with Crippen LogP contribution in [0.25, 0.3) is 0 Å². The number of hydrogen-bond donors (Lipinski definition) is 1. The number of para-hydroxylation sites is 1. The Balaban J connectivity index is 2.16. The van der Waals surface area contributed by atoms with E-state index in [9.17, 15) is 8.42 Å². The predicted molar refractivity (Wildman–Crippen MR) is 80.9 cm³/mol. The van der Waals surface area contributed by atoms with Gasteiger partial charge in [-0.15, -0.1) is 0 Å². The topological polar surface area (TPSA) is 66.6 Å². The molecule has 1 aromatic carbocycles. The van der Waals surface area contributed by atoms with Crippen LogP contribution in [-0.2, 0) is 10.0 Å². The first-order valence-corrected chi connectivity index (χ1v) is 8.45. The summed E-state index contributed by atoms with van der Waals surface area (Å²) in [5.41, 5.74) is 6.09. The molecule has 0 saturated carbocycles. The minimum absolute atomic E-state index is 0.198. The van der Waals surface area contributed by atoms with Crippen molar-refractivity contribution in [1.29, 1.82) is 0 Å². The summed E-state index contributed by atoms with van der Waals surface area (Å²) in [7, 11) is -1.87. The predicted octanol–water partition coefficient (Wildman–Crippen LogP) is 1.37. The number of nitrogen functional groups attached to an aromatic ring is 1. The van der Waals surface area contributed by atoms with Crippen LogP contribution in [0.15, 0.2) is 29.2 Å². The molecule has 0 radical (unpaired) electrons. The highest BCUT2D eigenvalue weighted by atomic mass is 32.2. The van der Waals surface area contributed by atoms with Gasteiger partial charge in [-0.05, 0) is 38.1 Å². The Morgan fingerprint density at radius 2 is 2.10 bits per heavy atom. The molecule has 1 heterocycles. The lowest BCUT2D eigenvalue weighted by Gasteiger charge is -2.27. The zero-order chi connectivity index (χ0) is 14.8. The smallest absolute Gasteiger partial charge is 0.244 e. The second-order valence-electron chi connectivity index (χ2n) is 5.25. The van der Waals surface area contributed by atoms with Crippen LogP contribution in [0.4, 0.5) is 5.69 Å². The molecule has 0 aromatic heterocycles. The van der Waals surface area contributed by atoms with Crippen LogP contribution in [0, 0.1) is 0 Å². The van der Waals surface area contributed by atoms with Crippen molar-refractivity contribution in [2.45, 2.75) is 30.7 Å². The second-order valence-corrected chi connectivity index (χ2v) is 7.26. The SMILES string of the molecule is CCN1CCCC1CN(C)S(=O)(=O)c1ccccc1N. The molecule has 2 N–H and O–H groups in total. The van der Waals surface area contributed by atoms with Crippen LogP contribution in [0.5, 0.6) is 0 Å². The number of likely N-dealkylation sites (tertiary alicyclic amines) is 1. The van der Waals surface area contributed by atoms with Gasteiger partial charge in [-0.3, -0.25) is 4.90 Å². The molecular weight excluding hydrogens is 274 g/mol. The monoisotopic (exact) mass is 297 g/mol. The first-order chi connectivity index (χ1) is 9.46. The zero-order valence-electron chi connectivity index (χ0n) is 12.1. The molecule has 0 spiro atoms. The number of sulfonamides is 1. The molecule has 5 nitrogen and oxygen atoms in total. The zero-order valence-corrected chi connectivity index (χ0v) is 12.9. The van der Waals surface area contributed by atoms with Crippen molar-refractivity contribution in [3.05, 3.63) is 24.3 Å². The Hall–Kier alpha value is -1.11. The Morgan fingerprint density at radius 1 is 1.40 bits per heavy atom. The van der Waals surface area contributed by atoms with Gasteiger partial charge in [0.2, 0.25) is 10.0 Å². The van der Waals surface area contributed by atoms with Crippen molar-refractivity contribution in [2.75, 3.05) is 32.4 Å². The summed E-state index contributed by atoms with van der Waals surface area (Å²) in [6, 6.07) is 6.93. The normalized spacial score (nSPS) is 20.6. The van der Waals surface area contributed by atoms with E-state index in [0.717, 1.165) is 25.9 Å². The molecule has 1 fully saturated rings. The number of likely N-dealkylation sites (N-methyl/N-ethyl adjacent to an activating group) is 2. The summed E-state index contributed by atoms with van der Waals surface area (Å²) in [5, 5.41) is 0. The van der Waals surface area contributed by atoms with E-state index in [4.69, 9.17) is 5.73 Å². The van der Waals surface area contributed by atoms with Gasteiger partial charge in [-0.25, -0.2) is 8.42 Å². The Morgan fingerprint density at radius 3 is 2.75 bits per heavy atom. The van der Waals surface area contributed by atoms with E-state index < -0.39 is 10.0 Å². The van der Waals surface area contributed by atoms with Crippen molar-refractivity contribution in [3.63, 3.8) is 0 Å². The molecule has 0 amide bonds. The molecule has 1 aliphatic heterocycles. The summed E-state index contributed by atoms with van der Waals surface area (Å²) in [6.45, 7) is 4.65. The van der Waals surface area contributed by atoms with Crippen molar-refractivity contribution in [2.24, 2.45) is 0 Å². The van der Waals surface area contributed by atoms with Gasteiger partial charge in [0.25, 0.3) is 0 Å². The fourth-order valence-electron chi connectivity index (χ4n) is 2.80. The maximum absolute atomic E-state index is 12.6. The van der Waals surface area contributed by atoms with E-state index in [0.29, 0.717) is 18.3 Å². The third-order valence-electron chi connectivity index (χ3n) is 3.98. The molecule has 0 bridgehead atoms. The molecule has 2 rings (SSSR count). The number of nitrogens with zero attached hydrogens (tertiary/aromatic N) is 2. The molecule has 112 valence electrons. The molecule has 1 saturated heterocycles. The highest BCUT2D eigenvalue weighted by Crippen LogP contribution is 2.23. The third-order valence-corrected chi connectivity index (χ3v) is 5.88. The number of benzene rings is 1. The standard InChI is InChI=1S/C14H23N3O2S/c1-3-17-10-6-7-12(17)11-16(2)20(18,19)14-9-5-4-8-13(14)15/h4-5,8-9,12H,3,6-7,10-11,15H2,1-2H3. The lowest BCUT2D eigenvalue weighted by molar-refractivity contribution is 0.238. The van der Waals surface area contributed by atoms with Crippen molar-refractivity contribution in [3.8, 4) is 0 Å². The molecule has 0 aliphatic carbocycles. The Bertz CT molecular complexity index is 559. The summed E-state index contributed by atoms with van der Waals surface area (Å²) in [4.78, 5) is 2.53. The minimum Gasteiger partial charge on any atom is -0.398 e. The van der Waals surface area contributed by atoms with Crippen LogP contribution >= 0.6 is 0 Å². The van der Waals surface area contributed by atoms with Crippen LogP contribution in [0.2, 0.25) is 0 Å². The van der Waals surface area contributed by atoms with Gasteiger partial charge in [0.15, 0.2) is 0 Å². The quantitative estimate of drug-likeness (QED) is 0.834.